The summed E-state index contributed by atoms with van der Waals surface area (Å²) in [5.41, 5.74) is 1.39. The summed E-state index contributed by atoms with van der Waals surface area (Å²) in [4.78, 5) is 0. The first kappa shape index (κ1) is 13.0. The molecule has 104 valence electrons. The number of benzene rings is 1. The zero-order chi connectivity index (χ0) is 13.2. The molecule has 4 atom stereocenters. The Morgan fingerprint density at radius 3 is 2.84 bits per heavy atom. The van der Waals surface area contributed by atoms with Crippen LogP contribution in [0.25, 0.3) is 0 Å². The van der Waals surface area contributed by atoms with Gasteiger partial charge in [-0.1, -0.05) is 18.6 Å². The van der Waals surface area contributed by atoms with E-state index in [9.17, 15) is 0 Å². The molecule has 19 heavy (non-hydrogen) atoms. The maximum atomic E-state index is 5.64. The molecule has 2 bridgehead atoms. The van der Waals surface area contributed by atoms with Crippen molar-refractivity contribution in [1.82, 2.24) is 5.32 Å². The third kappa shape index (κ3) is 2.51. The third-order valence-electron chi connectivity index (χ3n) is 5.06. The fourth-order valence-corrected chi connectivity index (χ4v) is 4.29. The second kappa shape index (κ2) is 5.54. The summed E-state index contributed by atoms with van der Waals surface area (Å²) in [6, 6.07) is 9.14. The van der Waals surface area contributed by atoms with Crippen LogP contribution in [-0.2, 0) is 0 Å². The summed E-state index contributed by atoms with van der Waals surface area (Å²) in [5, 5.41) is 3.56. The smallest absolute Gasteiger partial charge is 0.119 e. The van der Waals surface area contributed by atoms with Gasteiger partial charge in [-0.25, -0.2) is 0 Å². The van der Waals surface area contributed by atoms with E-state index in [1.54, 1.807) is 0 Å². The first-order valence-corrected chi connectivity index (χ1v) is 7.71. The average molecular weight is 259 g/mol. The fraction of sp³-hybridized carbons (Fsp3) is 0.647. The van der Waals surface area contributed by atoms with E-state index in [4.69, 9.17) is 4.74 Å². The minimum Gasteiger partial charge on any atom is -0.494 e. The van der Waals surface area contributed by atoms with Crippen molar-refractivity contribution in [3.63, 3.8) is 0 Å². The molecule has 0 radical (unpaired) electrons. The van der Waals surface area contributed by atoms with Gasteiger partial charge in [0.15, 0.2) is 0 Å². The summed E-state index contributed by atoms with van der Waals surface area (Å²) in [7, 11) is 2.10. The highest BCUT2D eigenvalue weighted by atomic mass is 16.5. The molecule has 2 nitrogen and oxygen atoms in total. The van der Waals surface area contributed by atoms with Gasteiger partial charge in [0.2, 0.25) is 0 Å². The van der Waals surface area contributed by atoms with Crippen molar-refractivity contribution in [2.75, 3.05) is 13.7 Å². The van der Waals surface area contributed by atoms with Crippen LogP contribution in [0, 0.1) is 17.8 Å². The number of rotatable bonds is 5. The van der Waals surface area contributed by atoms with E-state index in [0.717, 1.165) is 30.1 Å². The van der Waals surface area contributed by atoms with Crippen LogP contribution >= 0.6 is 0 Å². The molecular formula is C17H25NO. The molecule has 1 N–H and O–H groups in total. The van der Waals surface area contributed by atoms with E-state index in [1.807, 2.05) is 6.92 Å². The van der Waals surface area contributed by atoms with Crippen molar-refractivity contribution >= 4 is 0 Å². The molecule has 2 aliphatic carbocycles. The normalized spacial score (nSPS) is 30.5. The average Bonchev–Trinajstić information content (AvgIpc) is 3.03. The lowest BCUT2D eigenvalue weighted by Gasteiger charge is -2.31. The van der Waals surface area contributed by atoms with Crippen molar-refractivity contribution in [3.8, 4) is 5.75 Å². The van der Waals surface area contributed by atoms with Gasteiger partial charge in [0, 0.05) is 6.04 Å². The largest absolute Gasteiger partial charge is 0.494 e. The number of hydrogen-bond donors (Lipinski definition) is 1. The molecule has 0 aromatic heterocycles. The molecule has 3 rings (SSSR count). The van der Waals surface area contributed by atoms with Crippen LogP contribution in [-0.4, -0.2) is 13.7 Å². The molecule has 0 spiro atoms. The van der Waals surface area contributed by atoms with Gasteiger partial charge in [-0.15, -0.1) is 0 Å². The van der Waals surface area contributed by atoms with Gasteiger partial charge in [0.25, 0.3) is 0 Å². The molecule has 0 amide bonds. The quantitative estimate of drug-likeness (QED) is 0.869. The molecule has 2 aliphatic rings. The second-order valence-corrected chi connectivity index (χ2v) is 6.11. The van der Waals surface area contributed by atoms with Gasteiger partial charge in [0.05, 0.1) is 6.61 Å². The maximum Gasteiger partial charge on any atom is 0.119 e. The monoisotopic (exact) mass is 259 g/mol. The first-order chi connectivity index (χ1) is 9.31. The van der Waals surface area contributed by atoms with Gasteiger partial charge >= 0.3 is 0 Å². The highest BCUT2D eigenvalue weighted by molar-refractivity contribution is 5.31. The van der Waals surface area contributed by atoms with Crippen molar-refractivity contribution < 1.29 is 4.74 Å². The van der Waals surface area contributed by atoms with Crippen molar-refractivity contribution in [1.29, 1.82) is 0 Å². The van der Waals surface area contributed by atoms with Crippen LogP contribution in [0.15, 0.2) is 24.3 Å². The summed E-state index contributed by atoms with van der Waals surface area (Å²) in [5.74, 6) is 3.77. The third-order valence-corrected chi connectivity index (χ3v) is 5.06. The van der Waals surface area contributed by atoms with E-state index in [0.29, 0.717) is 6.04 Å². The van der Waals surface area contributed by atoms with E-state index < -0.39 is 0 Å². The lowest BCUT2D eigenvalue weighted by Crippen LogP contribution is -2.28. The fourth-order valence-electron chi connectivity index (χ4n) is 4.29. The van der Waals surface area contributed by atoms with Gasteiger partial charge in [0.1, 0.15) is 5.75 Å². The summed E-state index contributed by atoms with van der Waals surface area (Å²) in [6.45, 7) is 2.78. The molecule has 0 heterocycles. The second-order valence-electron chi connectivity index (χ2n) is 6.11. The van der Waals surface area contributed by atoms with Crippen LogP contribution in [0.5, 0.6) is 5.75 Å². The molecule has 1 aromatic rings. The van der Waals surface area contributed by atoms with Crippen LogP contribution in [0.1, 0.15) is 44.2 Å². The zero-order valence-electron chi connectivity index (χ0n) is 12.1. The number of fused-ring (bicyclic) bond motifs is 2. The van der Waals surface area contributed by atoms with E-state index >= 15 is 0 Å². The molecule has 0 saturated heterocycles. The molecule has 1 aromatic carbocycles. The summed E-state index contributed by atoms with van der Waals surface area (Å²) >= 11 is 0. The Kier molecular flexibility index (Phi) is 3.79. The first-order valence-electron chi connectivity index (χ1n) is 7.71. The number of ether oxygens (including phenoxy) is 1. The van der Waals surface area contributed by atoms with Gasteiger partial charge < -0.3 is 10.1 Å². The van der Waals surface area contributed by atoms with Gasteiger partial charge in [-0.05, 0) is 68.7 Å². The Bertz CT molecular complexity index is 431. The van der Waals surface area contributed by atoms with Crippen LogP contribution in [0.4, 0.5) is 0 Å². The predicted octanol–water partition coefficient (Wildman–Crippen LogP) is 3.78. The standard InChI is InChI=1S/C17H25NO/c1-3-19-15-6-4-5-14(11-15)17(18-2)16-10-12-7-8-13(16)9-12/h4-6,11-13,16-18H,3,7-10H2,1-2H3. The Hall–Kier alpha value is -1.02. The Morgan fingerprint density at radius 1 is 1.32 bits per heavy atom. The Morgan fingerprint density at radius 2 is 2.21 bits per heavy atom. The minimum atomic E-state index is 0.496. The molecule has 2 heteroatoms. The van der Waals surface area contributed by atoms with Crippen LogP contribution in [0.2, 0.25) is 0 Å². The highest BCUT2D eigenvalue weighted by Gasteiger charge is 2.43. The molecule has 4 unspecified atom stereocenters. The van der Waals surface area contributed by atoms with Gasteiger partial charge in [-0.3, -0.25) is 0 Å². The van der Waals surface area contributed by atoms with Crippen LogP contribution < -0.4 is 10.1 Å². The molecular weight excluding hydrogens is 234 g/mol. The Balaban J connectivity index is 1.80. The SMILES string of the molecule is CCOc1cccc(C(NC)C2CC3CCC2C3)c1. The number of nitrogens with one attached hydrogen (secondary N) is 1. The summed E-state index contributed by atoms with van der Waals surface area (Å²) in [6.07, 6.45) is 5.79. The minimum absolute atomic E-state index is 0.496. The van der Waals surface area contributed by atoms with Crippen molar-refractivity contribution in [2.24, 2.45) is 17.8 Å². The maximum absolute atomic E-state index is 5.64. The van der Waals surface area contributed by atoms with Crippen molar-refractivity contribution in [3.05, 3.63) is 29.8 Å². The highest BCUT2D eigenvalue weighted by Crippen LogP contribution is 2.52. The Labute approximate surface area is 116 Å². The predicted molar refractivity (Wildman–Crippen MR) is 78.3 cm³/mol. The molecule has 2 fully saturated rings. The van der Waals surface area contributed by atoms with Crippen molar-refractivity contribution in [2.45, 2.75) is 38.6 Å². The molecule has 0 aliphatic heterocycles. The van der Waals surface area contributed by atoms with E-state index in [2.05, 4.69) is 36.6 Å². The lowest BCUT2D eigenvalue weighted by molar-refractivity contribution is 0.258. The number of hydrogen-bond acceptors (Lipinski definition) is 2. The topological polar surface area (TPSA) is 21.3 Å². The molecule has 2 saturated carbocycles. The van der Waals surface area contributed by atoms with E-state index in [-0.39, 0.29) is 0 Å². The lowest BCUT2D eigenvalue weighted by atomic mass is 9.80. The van der Waals surface area contributed by atoms with Crippen LogP contribution in [0.3, 0.4) is 0 Å². The zero-order valence-corrected chi connectivity index (χ0v) is 12.1. The summed E-state index contributed by atoms with van der Waals surface area (Å²) < 4.78 is 5.64. The van der Waals surface area contributed by atoms with E-state index in [1.165, 1.54) is 31.2 Å². The van der Waals surface area contributed by atoms with Gasteiger partial charge in [-0.2, -0.15) is 0 Å².